The number of hydrogen-bond acceptors (Lipinski definition) is 9. The van der Waals surface area contributed by atoms with Gasteiger partial charge in [-0.1, -0.05) is 0 Å². The highest BCUT2D eigenvalue weighted by molar-refractivity contribution is 7.15. The highest BCUT2D eigenvalue weighted by Gasteiger charge is 2.45. The van der Waals surface area contributed by atoms with Crippen LogP contribution in [0.1, 0.15) is 36.2 Å². The van der Waals surface area contributed by atoms with Gasteiger partial charge in [0.05, 0.1) is 0 Å². The van der Waals surface area contributed by atoms with Gasteiger partial charge in [-0.2, -0.15) is 0 Å². The topological polar surface area (TPSA) is 107 Å². The third kappa shape index (κ3) is 4.55. The Kier molecular flexibility index (Phi) is 5.52. The van der Waals surface area contributed by atoms with Crippen LogP contribution < -0.4 is 15.5 Å². The maximum Gasteiger partial charge on any atom is 0.223 e. The van der Waals surface area contributed by atoms with Crippen LogP contribution in [0.5, 0.6) is 0 Å². The van der Waals surface area contributed by atoms with Crippen LogP contribution in [-0.4, -0.2) is 62.4 Å². The average Bonchev–Trinajstić information content (AvgIpc) is 3.20. The Morgan fingerprint density at radius 2 is 2.14 bits per heavy atom. The Morgan fingerprint density at radius 1 is 1.38 bits per heavy atom. The highest BCUT2D eigenvalue weighted by atomic mass is 32.1. The Balaban J connectivity index is 1.36. The lowest BCUT2D eigenvalue weighted by Crippen LogP contribution is -2.52. The maximum absolute atomic E-state index is 11.2. The summed E-state index contributed by atoms with van der Waals surface area (Å²) in [7, 11) is 0. The fourth-order valence-corrected chi connectivity index (χ4v) is 5.01. The van der Waals surface area contributed by atoms with E-state index in [0.29, 0.717) is 11.0 Å². The second-order valence-corrected chi connectivity index (χ2v) is 9.05. The second kappa shape index (κ2) is 7.94. The van der Waals surface area contributed by atoms with Crippen molar-refractivity contribution >= 4 is 28.2 Å². The largest absolute Gasteiger partial charge is 0.361 e. The Labute approximate surface area is 174 Å². The van der Waals surface area contributed by atoms with Crippen molar-refractivity contribution in [2.75, 3.05) is 29.9 Å². The molecule has 2 aromatic rings. The van der Waals surface area contributed by atoms with Crippen molar-refractivity contribution in [3.05, 3.63) is 28.7 Å². The molecule has 2 aliphatic rings. The number of aryl methyl sites for hydroxylation is 2. The van der Waals surface area contributed by atoms with E-state index in [0.717, 1.165) is 55.4 Å². The van der Waals surface area contributed by atoms with E-state index in [2.05, 4.69) is 30.5 Å². The molecule has 2 aromatic heterocycles. The van der Waals surface area contributed by atoms with E-state index < -0.39 is 6.35 Å². The summed E-state index contributed by atoms with van der Waals surface area (Å²) in [5.41, 5.74) is 0.788. The van der Waals surface area contributed by atoms with Crippen LogP contribution in [-0.2, 0) is 11.3 Å². The van der Waals surface area contributed by atoms with Gasteiger partial charge in [0.25, 0.3) is 0 Å². The van der Waals surface area contributed by atoms with Gasteiger partial charge in [0.2, 0.25) is 5.91 Å². The number of likely N-dealkylation sites (tertiary alicyclic amines) is 1. The van der Waals surface area contributed by atoms with Gasteiger partial charge in [0.15, 0.2) is 11.5 Å². The molecule has 1 spiro atoms. The molecule has 2 fully saturated rings. The molecule has 1 unspecified atom stereocenters. The first-order chi connectivity index (χ1) is 13.8. The summed E-state index contributed by atoms with van der Waals surface area (Å²) >= 11 is 1.52. The summed E-state index contributed by atoms with van der Waals surface area (Å²) in [6.45, 7) is 8.72. The molecule has 3 N–H and O–H groups in total. The van der Waals surface area contributed by atoms with Gasteiger partial charge in [0.1, 0.15) is 11.6 Å². The van der Waals surface area contributed by atoms with Crippen molar-refractivity contribution in [1.29, 1.82) is 0 Å². The number of aromatic nitrogens is 3. The summed E-state index contributed by atoms with van der Waals surface area (Å²) in [6, 6.07) is 1.92. The van der Waals surface area contributed by atoms with E-state index in [4.69, 9.17) is 0 Å². The number of rotatable bonds is 4. The third-order valence-electron chi connectivity index (χ3n) is 5.48. The molecule has 9 nitrogen and oxygen atoms in total. The molecule has 29 heavy (non-hydrogen) atoms. The zero-order chi connectivity index (χ0) is 20.6. The van der Waals surface area contributed by atoms with Gasteiger partial charge in [0, 0.05) is 61.5 Å². The van der Waals surface area contributed by atoms with Gasteiger partial charge in [-0.25, -0.2) is 15.0 Å². The summed E-state index contributed by atoms with van der Waals surface area (Å²) in [6.07, 6.45) is 2.98. The van der Waals surface area contributed by atoms with Crippen LogP contribution in [0.15, 0.2) is 12.3 Å². The van der Waals surface area contributed by atoms with E-state index in [1.54, 1.807) is 0 Å². The molecule has 0 aliphatic carbocycles. The first-order valence-corrected chi connectivity index (χ1v) is 10.6. The van der Waals surface area contributed by atoms with Crippen molar-refractivity contribution in [2.45, 2.75) is 52.0 Å². The van der Waals surface area contributed by atoms with Crippen LogP contribution in [0.2, 0.25) is 0 Å². The molecule has 0 aromatic carbocycles. The number of aliphatic hydroxyl groups is 1. The van der Waals surface area contributed by atoms with Crippen molar-refractivity contribution < 1.29 is 9.90 Å². The third-order valence-corrected chi connectivity index (χ3v) is 6.38. The van der Waals surface area contributed by atoms with Gasteiger partial charge in [-0.15, -0.1) is 11.3 Å². The molecule has 1 amide bonds. The van der Waals surface area contributed by atoms with Crippen molar-refractivity contribution in [2.24, 2.45) is 0 Å². The van der Waals surface area contributed by atoms with E-state index in [9.17, 15) is 9.90 Å². The number of amides is 1. The van der Waals surface area contributed by atoms with Crippen LogP contribution in [0.25, 0.3) is 0 Å². The Hall–Kier alpha value is -2.14. The number of nitrogens with zero attached hydrogens (tertiary/aromatic N) is 5. The second-order valence-electron chi connectivity index (χ2n) is 7.93. The number of nitrogens with one attached hydrogen (secondary N) is 2. The summed E-state index contributed by atoms with van der Waals surface area (Å²) in [4.78, 5) is 29.7. The Bertz CT molecular complexity index is 874. The van der Waals surface area contributed by atoms with Gasteiger partial charge in [-0.3, -0.25) is 15.0 Å². The minimum Gasteiger partial charge on any atom is -0.361 e. The van der Waals surface area contributed by atoms with Crippen LogP contribution in [0, 0.1) is 13.8 Å². The number of thiazole rings is 1. The molecule has 0 saturated carbocycles. The van der Waals surface area contributed by atoms with E-state index in [-0.39, 0.29) is 11.4 Å². The molecular formula is C19H27N7O2S. The minimum absolute atomic E-state index is 0.102. The number of piperidine rings is 1. The predicted octanol–water partition coefficient (Wildman–Crippen LogP) is 1.23. The monoisotopic (exact) mass is 417 g/mol. The quantitative estimate of drug-likeness (QED) is 0.682. The number of aliphatic hydroxyl groups excluding tert-OH is 1. The van der Waals surface area contributed by atoms with E-state index >= 15 is 0 Å². The van der Waals surface area contributed by atoms with Crippen LogP contribution >= 0.6 is 11.3 Å². The Morgan fingerprint density at radius 3 is 2.83 bits per heavy atom. The predicted molar refractivity (Wildman–Crippen MR) is 112 cm³/mol. The minimum atomic E-state index is -0.739. The summed E-state index contributed by atoms with van der Waals surface area (Å²) < 4.78 is 0. The summed E-state index contributed by atoms with van der Waals surface area (Å²) in [5.74, 6) is 1.38. The summed E-state index contributed by atoms with van der Waals surface area (Å²) in [5, 5.41) is 17.4. The van der Waals surface area contributed by atoms with Crippen LogP contribution in [0.3, 0.4) is 0 Å². The number of carbonyl (C=O) groups is 1. The lowest BCUT2D eigenvalue weighted by Gasteiger charge is -2.38. The molecule has 10 heteroatoms. The molecule has 0 radical (unpaired) electrons. The molecule has 0 bridgehead atoms. The van der Waals surface area contributed by atoms with Gasteiger partial charge >= 0.3 is 0 Å². The van der Waals surface area contributed by atoms with Crippen molar-refractivity contribution in [1.82, 2.24) is 25.2 Å². The molecule has 1 atom stereocenters. The van der Waals surface area contributed by atoms with E-state index in [1.165, 1.54) is 18.3 Å². The fraction of sp³-hybridized carbons (Fsp3) is 0.579. The number of hydrogen-bond donors (Lipinski definition) is 3. The standard InChI is InChI=1S/C19H27N7O2S/c1-12-8-16(22-13(2)21-12)26-11-19(24-18(26)28)4-6-25(7-5-19)10-15-9-20-17(29-15)23-14(3)27/h8-9,18,24,28H,4-7,10-11H2,1-3H3,(H,20,23,27). The molecule has 4 rings (SSSR count). The van der Waals surface area contributed by atoms with Crippen molar-refractivity contribution in [3.63, 3.8) is 0 Å². The first kappa shape index (κ1) is 20.1. The van der Waals surface area contributed by atoms with Crippen LogP contribution in [0.4, 0.5) is 10.9 Å². The zero-order valence-electron chi connectivity index (χ0n) is 17.0. The van der Waals surface area contributed by atoms with Crippen molar-refractivity contribution in [3.8, 4) is 0 Å². The maximum atomic E-state index is 11.2. The fourth-order valence-electron chi connectivity index (χ4n) is 4.11. The number of carbonyl (C=O) groups excluding carboxylic acids is 1. The molecule has 2 aliphatic heterocycles. The molecular weight excluding hydrogens is 390 g/mol. The SMILES string of the molecule is CC(=O)Nc1ncc(CN2CCC3(CC2)CN(c2cc(C)nc(C)n2)C(O)N3)s1. The highest BCUT2D eigenvalue weighted by Crippen LogP contribution is 2.32. The normalized spacial score (nSPS) is 21.7. The number of anilines is 2. The lowest BCUT2D eigenvalue weighted by molar-refractivity contribution is -0.114. The zero-order valence-corrected chi connectivity index (χ0v) is 17.8. The molecule has 2 saturated heterocycles. The lowest BCUT2D eigenvalue weighted by atomic mass is 9.88. The average molecular weight is 418 g/mol. The first-order valence-electron chi connectivity index (χ1n) is 9.81. The van der Waals surface area contributed by atoms with Gasteiger partial charge < -0.3 is 15.3 Å². The van der Waals surface area contributed by atoms with E-state index in [1.807, 2.05) is 31.0 Å². The molecule has 156 valence electrons. The smallest absolute Gasteiger partial charge is 0.223 e. The molecule has 4 heterocycles. The van der Waals surface area contributed by atoms with Gasteiger partial charge in [-0.05, 0) is 26.7 Å².